The number of nitrogens with zero attached hydrogens (tertiary/aromatic N) is 5. The molecule has 0 amide bonds. The molecule has 2 aromatic carbocycles. The minimum absolute atomic E-state index is 0.541. The highest BCUT2D eigenvalue weighted by molar-refractivity contribution is 6.34. The Kier molecular flexibility index (Phi) is 4.66. The molecule has 0 aliphatic carbocycles. The summed E-state index contributed by atoms with van der Waals surface area (Å²) >= 11 is 6.40. The van der Waals surface area contributed by atoms with E-state index in [-0.39, 0.29) is 0 Å². The number of halogens is 1. The molecule has 0 atom stereocenters. The second-order valence-electron chi connectivity index (χ2n) is 7.30. The van der Waals surface area contributed by atoms with E-state index in [9.17, 15) is 0 Å². The average Bonchev–Trinajstić information content (AvgIpc) is 2.74. The van der Waals surface area contributed by atoms with Gasteiger partial charge in [-0.2, -0.15) is 0 Å². The number of anilines is 2. The average molecular weight is 405 g/mol. The molecule has 29 heavy (non-hydrogen) atoms. The van der Waals surface area contributed by atoms with Gasteiger partial charge in [0.2, 0.25) is 0 Å². The summed E-state index contributed by atoms with van der Waals surface area (Å²) in [5.41, 5.74) is 7.01. The summed E-state index contributed by atoms with van der Waals surface area (Å²) in [6, 6.07) is 18.0. The SMILES string of the molecule is Nc1nc(CN2CCN(c3cc4ccccc4c(Cl)n3)CC2)nc2ccccc12. The lowest BCUT2D eigenvalue weighted by molar-refractivity contribution is 0.244. The third-order valence-corrected chi connectivity index (χ3v) is 5.71. The number of pyridine rings is 1. The van der Waals surface area contributed by atoms with Gasteiger partial charge >= 0.3 is 0 Å². The topological polar surface area (TPSA) is 71.2 Å². The Morgan fingerprint density at radius 2 is 1.59 bits per heavy atom. The van der Waals surface area contributed by atoms with Crippen LogP contribution >= 0.6 is 11.6 Å². The van der Waals surface area contributed by atoms with Crippen LogP contribution in [0.25, 0.3) is 21.7 Å². The first-order valence-electron chi connectivity index (χ1n) is 9.71. The summed E-state index contributed by atoms with van der Waals surface area (Å²) in [5, 5.41) is 3.56. The lowest BCUT2D eigenvalue weighted by Crippen LogP contribution is -2.46. The monoisotopic (exact) mass is 404 g/mol. The molecule has 0 unspecified atom stereocenters. The molecule has 0 bridgehead atoms. The molecule has 6 nitrogen and oxygen atoms in total. The van der Waals surface area contributed by atoms with E-state index in [2.05, 4.69) is 36.9 Å². The largest absolute Gasteiger partial charge is 0.383 e. The summed E-state index contributed by atoms with van der Waals surface area (Å²) in [5.74, 6) is 2.24. The van der Waals surface area contributed by atoms with Crippen molar-refractivity contribution < 1.29 is 0 Å². The van der Waals surface area contributed by atoms with Crippen molar-refractivity contribution in [3.8, 4) is 0 Å². The van der Waals surface area contributed by atoms with Crippen LogP contribution in [0, 0.1) is 0 Å². The van der Waals surface area contributed by atoms with Crippen molar-refractivity contribution in [1.82, 2.24) is 19.9 Å². The quantitative estimate of drug-likeness (QED) is 0.524. The number of hydrogen-bond acceptors (Lipinski definition) is 6. The van der Waals surface area contributed by atoms with E-state index in [4.69, 9.17) is 17.3 Å². The van der Waals surface area contributed by atoms with Gasteiger partial charge in [-0.15, -0.1) is 0 Å². The maximum Gasteiger partial charge on any atom is 0.145 e. The van der Waals surface area contributed by atoms with Gasteiger partial charge in [-0.3, -0.25) is 4.90 Å². The molecule has 0 radical (unpaired) electrons. The fraction of sp³-hybridized carbons (Fsp3) is 0.227. The van der Waals surface area contributed by atoms with Crippen LogP contribution in [0.5, 0.6) is 0 Å². The lowest BCUT2D eigenvalue weighted by Gasteiger charge is -2.35. The molecule has 1 fully saturated rings. The Morgan fingerprint density at radius 1 is 0.862 bits per heavy atom. The minimum Gasteiger partial charge on any atom is -0.383 e. The van der Waals surface area contributed by atoms with E-state index in [0.29, 0.717) is 17.5 Å². The molecule has 2 N–H and O–H groups in total. The van der Waals surface area contributed by atoms with Gasteiger partial charge in [0, 0.05) is 37.0 Å². The van der Waals surface area contributed by atoms with Crippen molar-refractivity contribution in [1.29, 1.82) is 0 Å². The smallest absolute Gasteiger partial charge is 0.145 e. The molecular formula is C22H21ClN6. The zero-order valence-electron chi connectivity index (χ0n) is 15.9. The first kappa shape index (κ1) is 18.1. The molecule has 146 valence electrons. The Labute approximate surface area is 173 Å². The van der Waals surface area contributed by atoms with Crippen molar-refractivity contribution in [3.05, 3.63) is 65.6 Å². The van der Waals surface area contributed by atoms with Crippen molar-refractivity contribution in [3.63, 3.8) is 0 Å². The normalized spacial score (nSPS) is 15.3. The number of nitrogen functional groups attached to an aromatic ring is 1. The first-order chi connectivity index (χ1) is 14.2. The molecule has 0 saturated carbocycles. The molecule has 3 heterocycles. The van der Waals surface area contributed by atoms with Gasteiger partial charge in [0.15, 0.2) is 0 Å². The summed E-state index contributed by atoms with van der Waals surface area (Å²) in [6.07, 6.45) is 0. The van der Waals surface area contributed by atoms with Crippen LogP contribution in [-0.4, -0.2) is 46.0 Å². The fourth-order valence-electron chi connectivity index (χ4n) is 3.86. The van der Waals surface area contributed by atoms with Crippen LogP contribution in [0.2, 0.25) is 5.15 Å². The highest BCUT2D eigenvalue weighted by Gasteiger charge is 2.20. The number of rotatable bonds is 3. The standard InChI is InChI=1S/C22H21ClN6/c23-21-16-6-2-1-5-15(16)13-20(27-21)29-11-9-28(10-12-29)14-19-25-18-8-4-3-7-17(18)22(24)26-19/h1-8,13H,9-12,14H2,(H2,24,25,26). The van der Waals surface area contributed by atoms with Crippen LogP contribution < -0.4 is 10.6 Å². The van der Waals surface area contributed by atoms with E-state index in [1.165, 1.54) is 0 Å². The van der Waals surface area contributed by atoms with Gasteiger partial charge in [0.25, 0.3) is 0 Å². The number of benzene rings is 2. The van der Waals surface area contributed by atoms with Crippen molar-refractivity contribution in [2.45, 2.75) is 6.54 Å². The third-order valence-electron chi connectivity index (χ3n) is 5.42. The van der Waals surface area contributed by atoms with Crippen molar-refractivity contribution >= 4 is 44.9 Å². The number of aromatic nitrogens is 3. The van der Waals surface area contributed by atoms with Crippen LogP contribution in [0.4, 0.5) is 11.6 Å². The molecular weight excluding hydrogens is 384 g/mol. The van der Waals surface area contributed by atoms with Gasteiger partial charge < -0.3 is 10.6 Å². The van der Waals surface area contributed by atoms with E-state index in [1.807, 2.05) is 42.5 Å². The molecule has 2 aromatic heterocycles. The van der Waals surface area contributed by atoms with E-state index < -0.39 is 0 Å². The van der Waals surface area contributed by atoms with Crippen LogP contribution in [0.1, 0.15) is 5.82 Å². The number of piperazine rings is 1. The highest BCUT2D eigenvalue weighted by atomic mass is 35.5. The maximum atomic E-state index is 6.40. The molecule has 0 spiro atoms. The van der Waals surface area contributed by atoms with Crippen LogP contribution in [-0.2, 0) is 6.54 Å². The third kappa shape index (κ3) is 3.57. The van der Waals surface area contributed by atoms with Gasteiger partial charge in [-0.05, 0) is 23.6 Å². The second-order valence-corrected chi connectivity index (χ2v) is 7.66. The van der Waals surface area contributed by atoms with Crippen molar-refractivity contribution in [2.24, 2.45) is 0 Å². The molecule has 1 saturated heterocycles. The first-order valence-corrected chi connectivity index (χ1v) is 10.1. The van der Waals surface area contributed by atoms with Gasteiger partial charge in [0.1, 0.15) is 22.6 Å². The van der Waals surface area contributed by atoms with Gasteiger partial charge in [-0.25, -0.2) is 15.0 Å². The summed E-state index contributed by atoms with van der Waals surface area (Å²) in [4.78, 5) is 18.4. The zero-order chi connectivity index (χ0) is 19.8. The summed E-state index contributed by atoms with van der Waals surface area (Å²) in [7, 11) is 0. The maximum absolute atomic E-state index is 6.40. The van der Waals surface area contributed by atoms with Crippen LogP contribution in [0.3, 0.4) is 0 Å². The molecule has 1 aliphatic heterocycles. The predicted molar refractivity (Wildman–Crippen MR) is 118 cm³/mol. The minimum atomic E-state index is 0.541. The van der Waals surface area contributed by atoms with Gasteiger partial charge in [-0.1, -0.05) is 48.0 Å². The van der Waals surface area contributed by atoms with Crippen LogP contribution in [0.15, 0.2) is 54.6 Å². The van der Waals surface area contributed by atoms with Gasteiger partial charge in [0.05, 0.1) is 12.1 Å². The lowest BCUT2D eigenvalue weighted by atomic mass is 10.1. The zero-order valence-corrected chi connectivity index (χ0v) is 16.7. The highest BCUT2D eigenvalue weighted by Crippen LogP contribution is 2.27. The van der Waals surface area contributed by atoms with E-state index in [0.717, 1.165) is 59.5 Å². The number of nitrogens with two attached hydrogens (primary N) is 1. The van der Waals surface area contributed by atoms with E-state index >= 15 is 0 Å². The Hall–Kier alpha value is -2.96. The summed E-state index contributed by atoms with van der Waals surface area (Å²) in [6.45, 7) is 4.26. The summed E-state index contributed by atoms with van der Waals surface area (Å²) < 4.78 is 0. The van der Waals surface area contributed by atoms with Crippen molar-refractivity contribution in [2.75, 3.05) is 36.8 Å². The predicted octanol–water partition coefficient (Wildman–Crippen LogP) is 3.74. The second kappa shape index (κ2) is 7.46. The molecule has 4 aromatic rings. The Morgan fingerprint density at radius 3 is 2.41 bits per heavy atom. The molecule has 1 aliphatic rings. The molecule has 7 heteroatoms. The number of hydrogen-bond donors (Lipinski definition) is 1. The molecule has 5 rings (SSSR count). The Bertz CT molecular complexity index is 1190. The Balaban J connectivity index is 1.30. The fourth-order valence-corrected chi connectivity index (χ4v) is 4.12. The number of fused-ring (bicyclic) bond motifs is 2. The number of para-hydroxylation sites is 1. The van der Waals surface area contributed by atoms with E-state index in [1.54, 1.807) is 0 Å².